The average molecular weight is 273 g/mol. The summed E-state index contributed by atoms with van der Waals surface area (Å²) < 4.78 is 40.7. The highest BCUT2D eigenvalue weighted by Crippen LogP contribution is 2.29. The summed E-state index contributed by atoms with van der Waals surface area (Å²) >= 11 is 0. The number of aromatic hydroxyl groups is 1. The molecule has 2 N–H and O–H groups in total. The van der Waals surface area contributed by atoms with E-state index in [4.69, 9.17) is 0 Å². The molecule has 0 aliphatic carbocycles. The number of nitrogens with one attached hydrogen (secondary N) is 1. The van der Waals surface area contributed by atoms with E-state index >= 15 is 0 Å². The number of rotatable bonds is 2. The molecular weight excluding hydrogens is 267 g/mol. The second-order valence-electron chi connectivity index (χ2n) is 3.38. The molecule has 0 fully saturated rings. The van der Waals surface area contributed by atoms with Crippen molar-refractivity contribution in [1.29, 1.82) is 0 Å². The molecule has 0 saturated heterocycles. The van der Waals surface area contributed by atoms with E-state index in [0.717, 1.165) is 0 Å². The summed E-state index contributed by atoms with van der Waals surface area (Å²) in [5.41, 5.74) is -0.130. The van der Waals surface area contributed by atoms with Gasteiger partial charge < -0.3 is 9.52 Å². The van der Waals surface area contributed by atoms with Gasteiger partial charge in [0, 0.05) is 0 Å². The molecule has 1 aromatic carbocycles. The first-order valence-corrected chi connectivity index (χ1v) is 4.88. The van der Waals surface area contributed by atoms with E-state index in [-0.39, 0.29) is 11.3 Å². The Morgan fingerprint density at radius 1 is 1.26 bits per heavy atom. The summed E-state index contributed by atoms with van der Waals surface area (Å²) in [5, 5.41) is 17.1. The quantitative estimate of drug-likeness (QED) is 0.874. The summed E-state index contributed by atoms with van der Waals surface area (Å²) in [6.07, 6.45) is -4.79. The third-order valence-electron chi connectivity index (χ3n) is 2.04. The number of phenols is 1. The summed E-state index contributed by atoms with van der Waals surface area (Å²) in [4.78, 5) is 11.6. The lowest BCUT2D eigenvalue weighted by molar-refractivity contribution is -0.156. The maximum atomic E-state index is 12.2. The van der Waals surface area contributed by atoms with Gasteiger partial charge in [-0.3, -0.25) is 10.1 Å². The maximum Gasteiger partial charge on any atom is 0.470 e. The zero-order valence-corrected chi connectivity index (χ0v) is 9.10. The lowest BCUT2D eigenvalue weighted by atomic mass is 10.2. The van der Waals surface area contributed by atoms with Crippen LogP contribution in [0.1, 0.15) is 16.2 Å². The van der Waals surface area contributed by atoms with Crippen molar-refractivity contribution in [2.24, 2.45) is 0 Å². The number of amides is 1. The molecule has 1 aromatic heterocycles. The summed E-state index contributed by atoms with van der Waals surface area (Å²) in [5.74, 6) is -2.76. The van der Waals surface area contributed by atoms with E-state index < -0.39 is 24.0 Å². The van der Waals surface area contributed by atoms with Gasteiger partial charge in [-0.25, -0.2) is 0 Å². The zero-order valence-electron chi connectivity index (χ0n) is 9.10. The highest BCUT2D eigenvalue weighted by Gasteiger charge is 2.38. The summed E-state index contributed by atoms with van der Waals surface area (Å²) in [6, 6.07) is 4.79. The van der Waals surface area contributed by atoms with Crippen LogP contribution in [0.5, 0.6) is 5.75 Å². The lowest BCUT2D eigenvalue weighted by Crippen LogP contribution is -2.12. The number of halogens is 3. The Hall–Kier alpha value is -2.58. The number of para-hydroxylation sites is 1. The van der Waals surface area contributed by atoms with Gasteiger partial charge in [-0.2, -0.15) is 13.2 Å². The van der Waals surface area contributed by atoms with Crippen molar-refractivity contribution in [2.45, 2.75) is 6.18 Å². The smallest absolute Gasteiger partial charge is 0.470 e. The molecule has 9 heteroatoms. The Bertz CT molecular complexity index is 609. The number of carbonyl (C=O) groups excluding carboxylic acids is 1. The molecule has 1 amide bonds. The molecule has 19 heavy (non-hydrogen) atoms. The third-order valence-corrected chi connectivity index (χ3v) is 2.04. The second-order valence-corrected chi connectivity index (χ2v) is 3.38. The Balaban J connectivity index is 2.16. The van der Waals surface area contributed by atoms with Crippen LogP contribution in [0.15, 0.2) is 28.7 Å². The van der Waals surface area contributed by atoms with Crippen LogP contribution in [0.4, 0.5) is 19.2 Å². The molecular formula is C10H6F3N3O3. The first kappa shape index (κ1) is 12.9. The minimum Gasteiger partial charge on any atom is -0.507 e. The predicted molar refractivity (Wildman–Crippen MR) is 55.4 cm³/mol. The van der Waals surface area contributed by atoms with Crippen molar-refractivity contribution in [2.75, 3.05) is 5.32 Å². The highest BCUT2D eigenvalue weighted by atomic mass is 19.4. The monoisotopic (exact) mass is 273 g/mol. The Labute approximate surface area is 103 Å². The minimum absolute atomic E-state index is 0.130. The molecule has 2 rings (SSSR count). The van der Waals surface area contributed by atoms with Crippen LogP contribution in [-0.2, 0) is 6.18 Å². The van der Waals surface area contributed by atoms with E-state index in [9.17, 15) is 23.1 Å². The normalized spacial score (nSPS) is 11.3. The van der Waals surface area contributed by atoms with Gasteiger partial charge in [0.2, 0.25) is 0 Å². The van der Waals surface area contributed by atoms with Gasteiger partial charge in [0.05, 0.1) is 5.56 Å². The number of hydrogen-bond acceptors (Lipinski definition) is 5. The molecule has 0 atom stereocenters. The van der Waals surface area contributed by atoms with Gasteiger partial charge >= 0.3 is 18.1 Å². The fraction of sp³-hybridized carbons (Fsp3) is 0.100. The van der Waals surface area contributed by atoms with Gasteiger partial charge in [0.25, 0.3) is 5.91 Å². The van der Waals surface area contributed by atoms with Crippen LogP contribution < -0.4 is 5.32 Å². The van der Waals surface area contributed by atoms with Crippen molar-refractivity contribution in [3.05, 3.63) is 35.7 Å². The number of aromatic nitrogens is 2. The average Bonchev–Trinajstić information content (AvgIpc) is 2.77. The number of hydrogen-bond donors (Lipinski definition) is 2. The van der Waals surface area contributed by atoms with E-state index in [1.165, 1.54) is 24.3 Å². The van der Waals surface area contributed by atoms with Gasteiger partial charge in [-0.1, -0.05) is 17.2 Å². The van der Waals surface area contributed by atoms with Crippen molar-refractivity contribution < 1.29 is 27.5 Å². The van der Waals surface area contributed by atoms with Crippen LogP contribution in [0.3, 0.4) is 0 Å². The molecule has 2 aromatic rings. The number of anilines is 1. The molecule has 0 unspecified atom stereocenters. The van der Waals surface area contributed by atoms with Crippen molar-refractivity contribution in [3.8, 4) is 5.75 Å². The number of benzene rings is 1. The number of nitrogens with zero attached hydrogens (tertiary/aromatic N) is 2. The minimum atomic E-state index is -4.79. The van der Waals surface area contributed by atoms with Gasteiger partial charge in [0.1, 0.15) is 5.75 Å². The largest absolute Gasteiger partial charge is 0.507 e. The van der Waals surface area contributed by atoms with E-state index in [0.29, 0.717) is 0 Å². The van der Waals surface area contributed by atoms with Gasteiger partial charge in [0.15, 0.2) is 0 Å². The van der Waals surface area contributed by atoms with Crippen LogP contribution >= 0.6 is 0 Å². The van der Waals surface area contributed by atoms with Gasteiger partial charge in [-0.05, 0) is 12.1 Å². The van der Waals surface area contributed by atoms with Crippen molar-refractivity contribution >= 4 is 11.9 Å². The molecule has 0 aliphatic heterocycles. The standard InChI is InChI=1S/C10H6F3N3O3/c11-10(12,13)8-15-16-9(19-8)14-7(18)5-3-1-2-4-6(5)17/h1-4,17H,(H,14,16,18). The number of alkyl halides is 3. The first-order valence-electron chi connectivity index (χ1n) is 4.88. The van der Waals surface area contributed by atoms with Crippen molar-refractivity contribution in [3.63, 3.8) is 0 Å². The van der Waals surface area contributed by atoms with E-state index in [2.05, 4.69) is 14.6 Å². The fourth-order valence-electron chi connectivity index (χ4n) is 1.22. The van der Waals surface area contributed by atoms with Crippen molar-refractivity contribution in [1.82, 2.24) is 10.2 Å². The van der Waals surface area contributed by atoms with E-state index in [1.54, 1.807) is 0 Å². The molecule has 0 spiro atoms. The summed E-state index contributed by atoms with van der Waals surface area (Å²) in [6.45, 7) is 0. The maximum absolute atomic E-state index is 12.2. The first-order chi connectivity index (χ1) is 8.88. The number of carbonyl (C=O) groups is 1. The SMILES string of the molecule is O=C(Nc1nnc(C(F)(F)F)o1)c1ccccc1O. The topological polar surface area (TPSA) is 88.3 Å². The second kappa shape index (κ2) is 4.59. The molecule has 6 nitrogen and oxygen atoms in total. The van der Waals surface area contributed by atoms with E-state index in [1.807, 2.05) is 5.32 Å². The van der Waals surface area contributed by atoms with Crippen LogP contribution in [0.2, 0.25) is 0 Å². The summed E-state index contributed by atoms with van der Waals surface area (Å²) in [7, 11) is 0. The predicted octanol–water partition coefficient (Wildman–Crippen LogP) is 2.05. The number of phenolic OH excluding ortho intramolecular Hbond substituents is 1. The Kier molecular flexibility index (Phi) is 3.11. The zero-order chi connectivity index (χ0) is 14.0. The van der Waals surface area contributed by atoms with Crippen LogP contribution in [0, 0.1) is 0 Å². The Morgan fingerprint density at radius 2 is 1.95 bits per heavy atom. The fourth-order valence-corrected chi connectivity index (χ4v) is 1.22. The molecule has 0 radical (unpaired) electrons. The molecule has 100 valence electrons. The molecule has 1 heterocycles. The van der Waals surface area contributed by atoms with Gasteiger partial charge in [-0.15, -0.1) is 5.10 Å². The van der Waals surface area contributed by atoms with Crippen LogP contribution in [0.25, 0.3) is 0 Å². The molecule has 0 aliphatic rings. The Morgan fingerprint density at radius 3 is 2.53 bits per heavy atom. The molecule has 0 bridgehead atoms. The van der Waals surface area contributed by atoms with Crippen LogP contribution in [-0.4, -0.2) is 21.2 Å². The molecule has 0 saturated carbocycles. The third kappa shape index (κ3) is 2.81. The highest BCUT2D eigenvalue weighted by molar-refractivity contribution is 6.04. The lowest BCUT2D eigenvalue weighted by Gasteiger charge is -2.02.